The number of carbonyl (C=O) groups is 1. The molecule has 2 aromatic carbocycles. The average molecular weight is 408 g/mol. The van der Waals surface area contributed by atoms with Crippen LogP contribution in [-0.2, 0) is 0 Å². The van der Waals surface area contributed by atoms with Crippen LogP contribution in [0.15, 0.2) is 86.9 Å². The summed E-state index contributed by atoms with van der Waals surface area (Å²) in [6, 6.07) is 18.4. The number of hydrogen-bond acceptors (Lipinski definition) is 5. The first-order valence-corrected chi connectivity index (χ1v) is 9.52. The molecule has 0 unspecified atom stereocenters. The summed E-state index contributed by atoms with van der Waals surface area (Å²) in [5, 5.41) is 10.1. The molecule has 0 bridgehead atoms. The number of nitrogens with one attached hydrogen (secondary N) is 1. The molecule has 0 atom stereocenters. The molecule has 3 N–H and O–H groups in total. The maximum absolute atomic E-state index is 12.1. The Morgan fingerprint density at radius 2 is 1.89 bits per heavy atom. The Balaban J connectivity index is 1.67. The van der Waals surface area contributed by atoms with Crippen molar-refractivity contribution in [2.45, 2.75) is 9.79 Å². The highest BCUT2D eigenvalue weighted by Gasteiger charge is 2.14. The van der Waals surface area contributed by atoms with E-state index in [4.69, 9.17) is 17.3 Å². The van der Waals surface area contributed by atoms with E-state index in [1.165, 1.54) is 6.20 Å². The predicted molar refractivity (Wildman–Crippen MR) is 111 cm³/mol. The number of pyridine rings is 1. The minimum atomic E-state index is -0.520. The minimum absolute atomic E-state index is 0.231. The van der Waals surface area contributed by atoms with E-state index < -0.39 is 5.91 Å². The quantitative estimate of drug-likeness (QED) is 0.413. The molecule has 8 heteroatoms. The molecule has 2 aromatic heterocycles. The largest absolute Gasteiger partial charge is 0.385 e. The van der Waals surface area contributed by atoms with Gasteiger partial charge in [-0.25, -0.2) is 0 Å². The lowest BCUT2D eigenvalue weighted by Crippen LogP contribution is -1.96. The normalized spacial score (nSPS) is 11.3. The van der Waals surface area contributed by atoms with E-state index in [1.807, 2.05) is 42.5 Å². The van der Waals surface area contributed by atoms with Gasteiger partial charge < -0.3 is 10.7 Å². The van der Waals surface area contributed by atoms with Crippen LogP contribution in [0.3, 0.4) is 0 Å². The van der Waals surface area contributed by atoms with Crippen molar-refractivity contribution in [3.63, 3.8) is 0 Å². The summed E-state index contributed by atoms with van der Waals surface area (Å²) < 4.78 is 0. The molecule has 6 nitrogen and oxygen atoms in total. The van der Waals surface area contributed by atoms with Gasteiger partial charge in [-0.15, -0.1) is 10.2 Å². The van der Waals surface area contributed by atoms with Crippen LogP contribution >= 0.6 is 23.4 Å². The number of carbonyl (C=O) groups excluding carboxylic acids is 1. The van der Waals surface area contributed by atoms with Crippen molar-refractivity contribution in [1.82, 2.24) is 9.97 Å². The molecular formula is C20H14ClN5OS. The molecule has 0 saturated heterocycles. The number of hydrogen-bond donors (Lipinski definition) is 2. The second-order valence-electron chi connectivity index (χ2n) is 5.84. The third kappa shape index (κ3) is 3.76. The number of halogens is 1. The van der Waals surface area contributed by atoms with E-state index in [9.17, 15) is 4.79 Å². The molecule has 0 radical (unpaired) electrons. The number of benzene rings is 2. The van der Waals surface area contributed by atoms with Crippen LogP contribution in [0.4, 0.5) is 11.6 Å². The smallest absolute Gasteiger partial charge is 0.313 e. The fraction of sp³-hybridized carbons (Fsp3) is 0. The lowest BCUT2D eigenvalue weighted by molar-refractivity contribution is 0.0990. The summed E-state index contributed by atoms with van der Waals surface area (Å²) in [6.45, 7) is 0. The van der Waals surface area contributed by atoms with Crippen molar-refractivity contribution in [3.8, 4) is 0 Å². The summed E-state index contributed by atoms with van der Waals surface area (Å²) in [5.74, 6) is 0.371. The fourth-order valence-electron chi connectivity index (χ4n) is 2.69. The average Bonchev–Trinajstić information content (AvgIpc) is 3.05. The van der Waals surface area contributed by atoms with Gasteiger partial charge in [0.25, 0.3) is 0 Å². The van der Waals surface area contributed by atoms with Gasteiger partial charge in [-0.1, -0.05) is 41.6 Å². The van der Waals surface area contributed by atoms with E-state index in [-0.39, 0.29) is 5.69 Å². The number of anilines is 1. The Kier molecular flexibility index (Phi) is 5.10. The molecule has 4 aromatic rings. The monoisotopic (exact) mass is 407 g/mol. The van der Waals surface area contributed by atoms with Gasteiger partial charge in [0.1, 0.15) is 11.5 Å². The van der Waals surface area contributed by atoms with E-state index >= 15 is 0 Å². The second kappa shape index (κ2) is 7.84. The molecule has 0 aliphatic rings. The number of aromatic amines is 1. The van der Waals surface area contributed by atoms with Crippen LogP contribution in [0.5, 0.6) is 0 Å². The topological polar surface area (TPSA) is 96.5 Å². The van der Waals surface area contributed by atoms with Crippen molar-refractivity contribution in [2.75, 3.05) is 5.73 Å². The van der Waals surface area contributed by atoms with Crippen molar-refractivity contribution < 1.29 is 4.79 Å². The minimum Gasteiger partial charge on any atom is -0.385 e. The molecule has 0 aliphatic heterocycles. The first-order chi connectivity index (χ1) is 13.6. The van der Waals surface area contributed by atoms with Crippen molar-refractivity contribution in [3.05, 3.63) is 77.6 Å². The summed E-state index contributed by atoms with van der Waals surface area (Å²) in [6.07, 6.45) is 1.53. The number of nitrogens with zero attached hydrogens (tertiary/aromatic N) is 3. The number of H-pyrrole nitrogens is 1. The summed E-state index contributed by atoms with van der Waals surface area (Å²) in [5.41, 5.74) is 6.41. The SMILES string of the molecule is Nc1[nH]c(N=NC(=O)c2ccccn2)c2cccc(Sc3ccc(Cl)cc3)c12. The van der Waals surface area contributed by atoms with Gasteiger partial charge in [0.2, 0.25) is 0 Å². The molecule has 4 rings (SSSR count). The number of aromatic nitrogens is 2. The van der Waals surface area contributed by atoms with Gasteiger partial charge in [-0.3, -0.25) is 9.78 Å². The number of azo groups is 1. The maximum atomic E-state index is 12.1. The third-order valence-corrected chi connectivity index (χ3v) is 5.29. The van der Waals surface area contributed by atoms with Crippen LogP contribution < -0.4 is 5.73 Å². The summed E-state index contributed by atoms with van der Waals surface area (Å²) in [4.78, 5) is 21.1. The van der Waals surface area contributed by atoms with Crippen LogP contribution in [0.1, 0.15) is 10.5 Å². The number of nitrogens with two attached hydrogens (primary N) is 1. The van der Waals surface area contributed by atoms with E-state index in [1.54, 1.807) is 30.0 Å². The molecule has 28 heavy (non-hydrogen) atoms. The second-order valence-corrected chi connectivity index (χ2v) is 7.39. The number of fused-ring (bicyclic) bond motifs is 1. The number of nitrogen functional groups attached to an aromatic ring is 1. The van der Waals surface area contributed by atoms with Crippen molar-refractivity contribution in [1.29, 1.82) is 0 Å². The Morgan fingerprint density at radius 3 is 2.64 bits per heavy atom. The third-order valence-electron chi connectivity index (χ3n) is 3.97. The zero-order valence-corrected chi connectivity index (χ0v) is 16.0. The molecule has 0 fully saturated rings. The first-order valence-electron chi connectivity index (χ1n) is 8.32. The van der Waals surface area contributed by atoms with Gasteiger partial charge >= 0.3 is 5.91 Å². The van der Waals surface area contributed by atoms with Crippen LogP contribution in [0, 0.1) is 0 Å². The van der Waals surface area contributed by atoms with Gasteiger partial charge in [-0.05, 0) is 42.5 Å². The van der Waals surface area contributed by atoms with Gasteiger partial charge in [0.15, 0.2) is 5.82 Å². The lowest BCUT2D eigenvalue weighted by Gasteiger charge is -2.04. The molecule has 0 aliphatic carbocycles. The first kappa shape index (κ1) is 18.2. The predicted octanol–water partition coefficient (Wildman–Crippen LogP) is 5.87. The molecule has 0 saturated carbocycles. The Morgan fingerprint density at radius 1 is 1.07 bits per heavy atom. The van der Waals surface area contributed by atoms with Gasteiger partial charge in [-0.2, -0.15) is 0 Å². The summed E-state index contributed by atoms with van der Waals surface area (Å²) in [7, 11) is 0. The highest BCUT2D eigenvalue weighted by atomic mass is 35.5. The van der Waals surface area contributed by atoms with Crippen LogP contribution in [-0.4, -0.2) is 15.9 Å². The number of amides is 1. The van der Waals surface area contributed by atoms with Gasteiger partial charge in [0, 0.05) is 31.8 Å². The van der Waals surface area contributed by atoms with Crippen molar-refractivity contribution in [2.24, 2.45) is 10.2 Å². The number of rotatable bonds is 4. The van der Waals surface area contributed by atoms with Crippen LogP contribution in [0.25, 0.3) is 10.8 Å². The Bertz CT molecular complexity index is 1170. The van der Waals surface area contributed by atoms with Gasteiger partial charge in [0.05, 0.1) is 0 Å². The zero-order valence-electron chi connectivity index (χ0n) is 14.5. The lowest BCUT2D eigenvalue weighted by atomic mass is 10.2. The van der Waals surface area contributed by atoms with E-state index in [0.717, 1.165) is 20.6 Å². The summed E-state index contributed by atoms with van der Waals surface area (Å²) >= 11 is 7.52. The molecule has 0 spiro atoms. The highest BCUT2D eigenvalue weighted by Crippen LogP contribution is 2.40. The van der Waals surface area contributed by atoms with Crippen molar-refractivity contribution >= 4 is 51.7 Å². The molecule has 2 heterocycles. The zero-order chi connectivity index (χ0) is 19.5. The van der Waals surface area contributed by atoms with E-state index in [2.05, 4.69) is 20.2 Å². The maximum Gasteiger partial charge on any atom is 0.313 e. The molecule has 138 valence electrons. The standard InChI is InChI=1S/C20H14ClN5OS/c21-12-7-9-13(10-8-12)28-16-6-3-4-14-17(16)18(22)24-19(14)25-26-20(27)15-5-1-2-11-23-15/h1-11,24H,22H2. The molecule has 1 amide bonds. The molecular weight excluding hydrogens is 394 g/mol. The Labute approximate surface area is 169 Å². The van der Waals surface area contributed by atoms with Crippen LogP contribution in [0.2, 0.25) is 5.02 Å². The highest BCUT2D eigenvalue weighted by molar-refractivity contribution is 7.99. The Hall–Kier alpha value is -3.16. The fourth-order valence-corrected chi connectivity index (χ4v) is 3.81. The van der Waals surface area contributed by atoms with E-state index in [0.29, 0.717) is 16.7 Å².